The summed E-state index contributed by atoms with van der Waals surface area (Å²) in [5, 5.41) is 3.20. The van der Waals surface area contributed by atoms with E-state index in [1.807, 2.05) is 12.3 Å². The lowest BCUT2D eigenvalue weighted by molar-refractivity contribution is -0.138. The normalized spacial score (nSPS) is 17.1. The van der Waals surface area contributed by atoms with Crippen LogP contribution < -0.4 is 11.2 Å². The summed E-state index contributed by atoms with van der Waals surface area (Å²) < 4.78 is 8.23. The van der Waals surface area contributed by atoms with Crippen LogP contribution in [0.25, 0.3) is 11.0 Å². The van der Waals surface area contributed by atoms with Gasteiger partial charge >= 0.3 is 5.69 Å². The number of ether oxygens (including phenoxy) is 1. The molecular formula is C19H21N5O4S. The predicted molar refractivity (Wildman–Crippen MR) is 108 cm³/mol. The molecule has 1 amide bonds. The first-order valence-electron chi connectivity index (χ1n) is 9.22. The van der Waals surface area contributed by atoms with E-state index in [9.17, 15) is 14.4 Å². The Morgan fingerprint density at radius 3 is 2.76 bits per heavy atom. The van der Waals surface area contributed by atoms with Gasteiger partial charge < -0.3 is 9.64 Å². The quantitative estimate of drug-likeness (QED) is 0.619. The summed E-state index contributed by atoms with van der Waals surface area (Å²) in [5.41, 5.74) is 0.840. The minimum Gasteiger partial charge on any atom is -0.368 e. The van der Waals surface area contributed by atoms with E-state index < -0.39 is 11.8 Å². The summed E-state index contributed by atoms with van der Waals surface area (Å²) in [4.78, 5) is 47.8. The summed E-state index contributed by atoms with van der Waals surface area (Å²) in [6.45, 7) is 3.17. The largest absolute Gasteiger partial charge is 0.368 e. The first kappa shape index (κ1) is 19.5. The molecule has 1 saturated heterocycles. The molecule has 4 rings (SSSR count). The minimum atomic E-state index is -0.438. The Labute approximate surface area is 170 Å². The Kier molecular flexibility index (Phi) is 5.05. The van der Waals surface area contributed by atoms with Crippen LogP contribution in [0.5, 0.6) is 0 Å². The van der Waals surface area contributed by atoms with Crippen molar-refractivity contribution in [3.05, 3.63) is 54.7 Å². The van der Waals surface area contributed by atoms with Crippen molar-refractivity contribution in [2.45, 2.75) is 19.4 Å². The lowest BCUT2D eigenvalue weighted by Crippen LogP contribution is -2.43. The molecule has 0 aliphatic carbocycles. The zero-order valence-electron chi connectivity index (χ0n) is 16.4. The van der Waals surface area contributed by atoms with Crippen molar-refractivity contribution < 1.29 is 9.53 Å². The second-order valence-corrected chi connectivity index (χ2v) is 8.11. The third kappa shape index (κ3) is 3.60. The van der Waals surface area contributed by atoms with Gasteiger partial charge in [-0.25, -0.2) is 14.8 Å². The number of nitrogens with zero attached hydrogens (tertiary/aromatic N) is 5. The fraction of sp³-hybridized carbons (Fsp3) is 0.421. The van der Waals surface area contributed by atoms with Crippen molar-refractivity contribution in [1.29, 1.82) is 0 Å². The minimum absolute atomic E-state index is 0.00865. The highest BCUT2D eigenvalue weighted by Crippen LogP contribution is 2.22. The number of amides is 1. The monoisotopic (exact) mass is 415 g/mol. The van der Waals surface area contributed by atoms with Gasteiger partial charge in [-0.3, -0.25) is 18.7 Å². The van der Waals surface area contributed by atoms with Gasteiger partial charge in [-0.05, 0) is 19.1 Å². The Morgan fingerprint density at radius 2 is 2.03 bits per heavy atom. The molecule has 0 aromatic carbocycles. The molecule has 10 heteroatoms. The number of pyridine rings is 1. The molecule has 0 bridgehead atoms. The van der Waals surface area contributed by atoms with Gasteiger partial charge in [0, 0.05) is 26.0 Å². The molecule has 0 saturated carbocycles. The number of aryl methyl sites for hydroxylation is 2. The van der Waals surface area contributed by atoms with Gasteiger partial charge in [0.05, 0.1) is 41.4 Å². The van der Waals surface area contributed by atoms with Gasteiger partial charge in [0.15, 0.2) is 0 Å². The average Bonchev–Trinajstić information content (AvgIpc) is 3.14. The molecule has 29 heavy (non-hydrogen) atoms. The van der Waals surface area contributed by atoms with E-state index in [1.54, 1.807) is 24.1 Å². The zero-order chi connectivity index (χ0) is 20.7. The Hall–Kier alpha value is -2.85. The summed E-state index contributed by atoms with van der Waals surface area (Å²) in [6, 6.07) is 3.37. The number of thiazole rings is 1. The van der Waals surface area contributed by atoms with Crippen LogP contribution >= 0.6 is 11.3 Å². The molecule has 3 aromatic rings. The first-order valence-corrected chi connectivity index (χ1v) is 10.1. The Balaban J connectivity index is 1.59. The lowest BCUT2D eigenvalue weighted by Gasteiger charge is -2.32. The molecule has 3 aromatic heterocycles. The summed E-state index contributed by atoms with van der Waals surface area (Å²) in [5.74, 6) is -0.00865. The maximum Gasteiger partial charge on any atom is 0.332 e. The van der Waals surface area contributed by atoms with E-state index in [-0.39, 0.29) is 17.9 Å². The van der Waals surface area contributed by atoms with E-state index in [0.29, 0.717) is 36.4 Å². The van der Waals surface area contributed by atoms with E-state index in [2.05, 4.69) is 9.97 Å². The number of aromatic nitrogens is 4. The van der Waals surface area contributed by atoms with Gasteiger partial charge in [0.1, 0.15) is 11.8 Å². The number of carbonyl (C=O) groups excluding carboxylic acids is 1. The highest BCUT2D eigenvalue weighted by Gasteiger charge is 2.27. The second-order valence-electron chi connectivity index (χ2n) is 7.05. The maximum absolute atomic E-state index is 12.7. The van der Waals surface area contributed by atoms with Crippen molar-refractivity contribution in [1.82, 2.24) is 24.0 Å². The van der Waals surface area contributed by atoms with Crippen molar-refractivity contribution >= 4 is 28.3 Å². The van der Waals surface area contributed by atoms with Crippen molar-refractivity contribution in [3.8, 4) is 0 Å². The summed E-state index contributed by atoms with van der Waals surface area (Å²) in [7, 11) is 3.02. The molecule has 0 radical (unpaired) electrons. The molecule has 1 fully saturated rings. The fourth-order valence-corrected chi connectivity index (χ4v) is 4.07. The van der Waals surface area contributed by atoms with E-state index >= 15 is 0 Å². The highest BCUT2D eigenvalue weighted by atomic mass is 32.1. The van der Waals surface area contributed by atoms with Crippen LogP contribution in [0.1, 0.15) is 22.5 Å². The number of fused-ring (bicyclic) bond motifs is 1. The molecule has 0 spiro atoms. The van der Waals surface area contributed by atoms with E-state index in [1.165, 1.54) is 23.0 Å². The van der Waals surface area contributed by atoms with Crippen LogP contribution in [-0.2, 0) is 30.0 Å². The lowest BCUT2D eigenvalue weighted by atomic mass is 10.1. The fourth-order valence-electron chi connectivity index (χ4n) is 3.46. The third-order valence-corrected chi connectivity index (χ3v) is 5.89. The molecule has 1 aliphatic rings. The third-order valence-electron chi connectivity index (χ3n) is 5.07. The average molecular weight is 415 g/mol. The Bertz CT molecular complexity index is 1210. The molecule has 1 atom stereocenters. The zero-order valence-corrected chi connectivity index (χ0v) is 17.2. The number of morpholine rings is 1. The van der Waals surface area contributed by atoms with Crippen molar-refractivity contribution in [2.24, 2.45) is 14.1 Å². The van der Waals surface area contributed by atoms with Crippen molar-refractivity contribution in [2.75, 3.05) is 19.7 Å². The Morgan fingerprint density at radius 1 is 1.24 bits per heavy atom. The van der Waals surface area contributed by atoms with Gasteiger partial charge in [-0.2, -0.15) is 0 Å². The number of rotatable bonds is 3. The molecule has 4 heterocycles. The maximum atomic E-state index is 12.7. The van der Waals surface area contributed by atoms with Gasteiger partial charge in [-0.15, -0.1) is 11.3 Å². The van der Waals surface area contributed by atoms with Gasteiger partial charge in [0.25, 0.3) is 5.56 Å². The number of hydrogen-bond acceptors (Lipinski definition) is 7. The molecule has 1 aliphatic heterocycles. The predicted octanol–water partition coefficient (Wildman–Crippen LogP) is 0.540. The van der Waals surface area contributed by atoms with Crippen LogP contribution in [0.2, 0.25) is 0 Å². The van der Waals surface area contributed by atoms with Crippen molar-refractivity contribution in [3.63, 3.8) is 0 Å². The molecule has 1 unspecified atom stereocenters. The first-order chi connectivity index (χ1) is 13.8. The smallest absolute Gasteiger partial charge is 0.332 e. The molecular weight excluding hydrogens is 394 g/mol. The van der Waals surface area contributed by atoms with Crippen LogP contribution in [0.15, 0.2) is 27.1 Å². The molecule has 9 nitrogen and oxygen atoms in total. The van der Waals surface area contributed by atoms with Crippen LogP contribution in [-0.4, -0.2) is 49.6 Å². The number of hydrogen-bond donors (Lipinski definition) is 0. The number of carbonyl (C=O) groups is 1. The van der Waals surface area contributed by atoms with Gasteiger partial charge in [0.2, 0.25) is 5.91 Å². The standard InChI is InChI=1S/C19H21N5O4S/c1-11-20-12(10-29-11)8-16(25)24-6-7-28-15(9-24)14-5-4-13-17(21-14)22(2)19(27)23(3)18(13)26/h4-5,10,15H,6-9H2,1-3H3. The summed E-state index contributed by atoms with van der Waals surface area (Å²) in [6.07, 6.45) is -0.166. The molecule has 152 valence electrons. The van der Waals surface area contributed by atoms with Crippen LogP contribution in [0.3, 0.4) is 0 Å². The summed E-state index contributed by atoms with van der Waals surface area (Å²) >= 11 is 1.52. The van der Waals surface area contributed by atoms with E-state index in [0.717, 1.165) is 15.3 Å². The van der Waals surface area contributed by atoms with E-state index in [4.69, 9.17) is 4.74 Å². The van der Waals surface area contributed by atoms with Crippen LogP contribution in [0, 0.1) is 6.92 Å². The van der Waals surface area contributed by atoms with Crippen LogP contribution in [0.4, 0.5) is 0 Å². The topological polar surface area (TPSA) is 99.3 Å². The highest BCUT2D eigenvalue weighted by molar-refractivity contribution is 7.09. The molecule has 0 N–H and O–H groups in total. The second kappa shape index (κ2) is 7.53. The SMILES string of the molecule is Cc1nc(CC(=O)N2CCOC(c3ccc4c(=O)n(C)c(=O)n(C)c4n3)C2)cs1. The van der Waals surface area contributed by atoms with Gasteiger partial charge in [-0.1, -0.05) is 0 Å².